The van der Waals surface area contributed by atoms with E-state index in [-0.39, 0.29) is 0 Å². The Morgan fingerprint density at radius 1 is 1.32 bits per heavy atom. The van der Waals surface area contributed by atoms with Gasteiger partial charge < -0.3 is 4.74 Å². The molecule has 1 aliphatic rings. The number of H-pyrrole nitrogens is 1. The Morgan fingerprint density at radius 2 is 2.05 bits per heavy atom. The number of aromatic amines is 1. The molecule has 2 atom stereocenters. The minimum Gasteiger partial charge on any atom is -0.373 e. The molecule has 0 unspecified atom stereocenters. The zero-order valence-electron chi connectivity index (χ0n) is 11.8. The lowest BCUT2D eigenvalue weighted by Gasteiger charge is -2.35. The molecule has 102 valence electrons. The van der Waals surface area contributed by atoms with E-state index in [1.54, 1.807) is 0 Å². The van der Waals surface area contributed by atoms with Gasteiger partial charge >= 0.3 is 0 Å². The van der Waals surface area contributed by atoms with Crippen molar-refractivity contribution in [1.82, 2.24) is 15.1 Å². The maximum Gasteiger partial charge on any atom is 0.0926 e. The van der Waals surface area contributed by atoms with Gasteiger partial charge in [-0.25, -0.2) is 0 Å². The number of benzene rings is 1. The number of morpholine rings is 1. The van der Waals surface area contributed by atoms with Crippen LogP contribution in [0.15, 0.2) is 18.2 Å². The number of fused-ring (bicyclic) bond motifs is 1. The molecule has 2 heterocycles. The molecule has 1 aromatic carbocycles. The molecule has 0 amide bonds. The molecule has 0 radical (unpaired) electrons. The van der Waals surface area contributed by atoms with E-state index in [4.69, 9.17) is 4.74 Å². The lowest BCUT2D eigenvalue weighted by molar-refractivity contribution is -0.0706. The van der Waals surface area contributed by atoms with E-state index >= 15 is 0 Å². The molecule has 0 spiro atoms. The molecule has 4 heteroatoms. The smallest absolute Gasteiger partial charge is 0.0926 e. The molecule has 3 rings (SSSR count). The van der Waals surface area contributed by atoms with E-state index in [0.29, 0.717) is 12.2 Å². The SMILES string of the molecule is Cc1ccc2c(CN3C[C@@H](C)O[C@@H](C)C3)[nH]nc2c1. The number of hydrogen-bond donors (Lipinski definition) is 1. The minimum absolute atomic E-state index is 0.306. The van der Waals surface area contributed by atoms with Crippen LogP contribution in [0.4, 0.5) is 0 Å². The summed E-state index contributed by atoms with van der Waals surface area (Å²) in [5, 5.41) is 8.82. The van der Waals surface area contributed by atoms with Gasteiger partial charge in [0.15, 0.2) is 0 Å². The Labute approximate surface area is 113 Å². The molecular weight excluding hydrogens is 238 g/mol. The summed E-state index contributed by atoms with van der Waals surface area (Å²) in [5.74, 6) is 0. The fraction of sp³-hybridized carbons (Fsp3) is 0.533. The summed E-state index contributed by atoms with van der Waals surface area (Å²) in [7, 11) is 0. The molecular formula is C15H21N3O. The van der Waals surface area contributed by atoms with E-state index in [1.165, 1.54) is 16.6 Å². The van der Waals surface area contributed by atoms with Crippen molar-refractivity contribution >= 4 is 10.9 Å². The lowest BCUT2D eigenvalue weighted by Crippen LogP contribution is -2.44. The van der Waals surface area contributed by atoms with Crippen molar-refractivity contribution in [2.45, 2.75) is 39.5 Å². The highest BCUT2D eigenvalue weighted by molar-refractivity contribution is 5.81. The molecule has 1 fully saturated rings. The quantitative estimate of drug-likeness (QED) is 0.901. The predicted molar refractivity (Wildman–Crippen MR) is 76.1 cm³/mol. The van der Waals surface area contributed by atoms with E-state index in [2.05, 4.69) is 54.1 Å². The molecule has 1 saturated heterocycles. The number of aryl methyl sites for hydroxylation is 1. The third-order valence-electron chi connectivity index (χ3n) is 3.67. The molecule has 2 aromatic rings. The van der Waals surface area contributed by atoms with E-state index < -0.39 is 0 Å². The Bertz CT molecular complexity index is 568. The van der Waals surface area contributed by atoms with Crippen LogP contribution in [0.3, 0.4) is 0 Å². The van der Waals surface area contributed by atoms with Gasteiger partial charge in [0.1, 0.15) is 0 Å². The van der Waals surface area contributed by atoms with Crippen molar-refractivity contribution in [1.29, 1.82) is 0 Å². The molecule has 19 heavy (non-hydrogen) atoms. The second-order valence-electron chi connectivity index (χ2n) is 5.67. The lowest BCUT2D eigenvalue weighted by atomic mass is 10.1. The van der Waals surface area contributed by atoms with Gasteiger partial charge in [0, 0.05) is 25.0 Å². The zero-order chi connectivity index (χ0) is 13.4. The topological polar surface area (TPSA) is 41.1 Å². The third kappa shape index (κ3) is 2.65. The molecule has 0 aliphatic carbocycles. The molecule has 0 bridgehead atoms. The third-order valence-corrected chi connectivity index (χ3v) is 3.67. The van der Waals surface area contributed by atoms with Crippen LogP contribution < -0.4 is 0 Å². The van der Waals surface area contributed by atoms with Gasteiger partial charge in [-0.3, -0.25) is 10.00 Å². The highest BCUT2D eigenvalue weighted by atomic mass is 16.5. The van der Waals surface area contributed by atoms with Crippen LogP contribution in [0.5, 0.6) is 0 Å². The van der Waals surface area contributed by atoms with Crippen LogP contribution in [0.1, 0.15) is 25.1 Å². The van der Waals surface area contributed by atoms with Gasteiger partial charge in [0.05, 0.1) is 23.4 Å². The first-order valence-electron chi connectivity index (χ1n) is 6.93. The van der Waals surface area contributed by atoms with Crippen LogP contribution in [0.2, 0.25) is 0 Å². The van der Waals surface area contributed by atoms with Gasteiger partial charge in [0.2, 0.25) is 0 Å². The molecule has 1 aromatic heterocycles. The highest BCUT2D eigenvalue weighted by Crippen LogP contribution is 2.20. The second kappa shape index (κ2) is 4.94. The van der Waals surface area contributed by atoms with Crippen molar-refractivity contribution in [2.75, 3.05) is 13.1 Å². The average Bonchev–Trinajstić information content (AvgIpc) is 2.70. The number of nitrogens with one attached hydrogen (secondary N) is 1. The Morgan fingerprint density at radius 3 is 2.79 bits per heavy atom. The monoisotopic (exact) mass is 259 g/mol. The largest absolute Gasteiger partial charge is 0.373 e. The fourth-order valence-corrected chi connectivity index (χ4v) is 2.93. The number of hydrogen-bond acceptors (Lipinski definition) is 3. The van der Waals surface area contributed by atoms with Crippen LogP contribution in [0.25, 0.3) is 10.9 Å². The van der Waals surface area contributed by atoms with Gasteiger partial charge in [-0.1, -0.05) is 12.1 Å². The second-order valence-corrected chi connectivity index (χ2v) is 5.67. The number of ether oxygens (including phenoxy) is 1. The summed E-state index contributed by atoms with van der Waals surface area (Å²) < 4.78 is 5.77. The van der Waals surface area contributed by atoms with E-state index in [0.717, 1.165) is 25.2 Å². The summed E-state index contributed by atoms with van der Waals surface area (Å²) in [4.78, 5) is 2.44. The number of rotatable bonds is 2. The highest BCUT2D eigenvalue weighted by Gasteiger charge is 2.23. The van der Waals surface area contributed by atoms with Crippen LogP contribution >= 0.6 is 0 Å². The van der Waals surface area contributed by atoms with Crippen molar-refractivity contribution in [3.63, 3.8) is 0 Å². The maximum absolute atomic E-state index is 5.77. The van der Waals surface area contributed by atoms with Gasteiger partial charge in [0.25, 0.3) is 0 Å². The van der Waals surface area contributed by atoms with E-state index in [9.17, 15) is 0 Å². The Balaban J connectivity index is 1.81. The number of nitrogens with zero attached hydrogens (tertiary/aromatic N) is 2. The van der Waals surface area contributed by atoms with Gasteiger partial charge in [-0.05, 0) is 32.4 Å². The van der Waals surface area contributed by atoms with Crippen LogP contribution in [-0.4, -0.2) is 40.4 Å². The van der Waals surface area contributed by atoms with Crippen LogP contribution in [0, 0.1) is 6.92 Å². The molecule has 4 nitrogen and oxygen atoms in total. The first kappa shape index (κ1) is 12.6. The van der Waals surface area contributed by atoms with Crippen molar-refractivity contribution in [2.24, 2.45) is 0 Å². The summed E-state index contributed by atoms with van der Waals surface area (Å²) in [6.45, 7) is 9.25. The Hall–Kier alpha value is -1.39. The van der Waals surface area contributed by atoms with Crippen LogP contribution in [-0.2, 0) is 11.3 Å². The molecule has 1 aliphatic heterocycles. The summed E-state index contributed by atoms with van der Waals surface area (Å²) in [6.07, 6.45) is 0.611. The minimum atomic E-state index is 0.306. The summed E-state index contributed by atoms with van der Waals surface area (Å²) >= 11 is 0. The first-order chi connectivity index (χ1) is 9.11. The Kier molecular flexibility index (Phi) is 3.29. The number of aromatic nitrogens is 2. The average molecular weight is 259 g/mol. The standard InChI is InChI=1S/C15H21N3O/c1-10-4-5-13-14(6-10)16-17-15(13)9-18-7-11(2)19-12(3)8-18/h4-6,11-12H,7-9H2,1-3H3,(H,16,17)/t11-,12+. The van der Waals surface area contributed by atoms with Gasteiger partial charge in [-0.15, -0.1) is 0 Å². The van der Waals surface area contributed by atoms with Gasteiger partial charge in [-0.2, -0.15) is 5.10 Å². The fourth-order valence-electron chi connectivity index (χ4n) is 2.93. The van der Waals surface area contributed by atoms with E-state index in [1.807, 2.05) is 0 Å². The summed E-state index contributed by atoms with van der Waals surface area (Å²) in [5.41, 5.74) is 3.51. The predicted octanol–water partition coefficient (Wildman–Crippen LogP) is 2.48. The zero-order valence-corrected chi connectivity index (χ0v) is 11.8. The van der Waals surface area contributed by atoms with Crippen molar-refractivity contribution in [3.05, 3.63) is 29.5 Å². The normalized spacial score (nSPS) is 25.0. The summed E-state index contributed by atoms with van der Waals surface area (Å²) in [6, 6.07) is 6.43. The molecule has 1 N–H and O–H groups in total. The first-order valence-corrected chi connectivity index (χ1v) is 6.93. The van der Waals surface area contributed by atoms with Crippen molar-refractivity contribution in [3.8, 4) is 0 Å². The maximum atomic E-state index is 5.77. The molecule has 0 saturated carbocycles. The van der Waals surface area contributed by atoms with Crippen molar-refractivity contribution < 1.29 is 4.74 Å².